The van der Waals surface area contributed by atoms with E-state index in [4.69, 9.17) is 21.3 Å². The van der Waals surface area contributed by atoms with Crippen molar-refractivity contribution < 1.29 is 9.84 Å². The number of rotatable bonds is 7. The average Bonchev–Trinajstić information content (AvgIpc) is 3.39. The van der Waals surface area contributed by atoms with E-state index in [1.807, 2.05) is 18.3 Å². The number of fused-ring (bicyclic) bond motifs is 2. The molecule has 3 heterocycles. The van der Waals surface area contributed by atoms with Gasteiger partial charge in [-0.15, -0.1) is 0 Å². The van der Waals surface area contributed by atoms with Crippen LogP contribution in [0.3, 0.4) is 0 Å². The van der Waals surface area contributed by atoms with Crippen LogP contribution in [0.5, 0.6) is 0 Å². The first-order valence-electron chi connectivity index (χ1n) is 13.0. The molecule has 0 radical (unpaired) electrons. The molecule has 0 bridgehead atoms. The predicted octanol–water partition coefficient (Wildman–Crippen LogP) is 6.54. The number of ether oxygens (including phenoxy) is 1. The van der Waals surface area contributed by atoms with Gasteiger partial charge in [-0.1, -0.05) is 23.7 Å². The van der Waals surface area contributed by atoms with E-state index in [2.05, 4.69) is 64.9 Å². The van der Waals surface area contributed by atoms with Crippen LogP contribution in [0.1, 0.15) is 65.5 Å². The fraction of sp³-hybridized carbons (Fsp3) is 0.483. The molecule has 1 aliphatic rings. The summed E-state index contributed by atoms with van der Waals surface area (Å²) in [6, 6.07) is 12.7. The Hall–Kier alpha value is -2.74. The molecule has 0 aliphatic heterocycles. The molecule has 1 aliphatic carbocycles. The molecule has 1 saturated carbocycles. The van der Waals surface area contributed by atoms with Gasteiger partial charge in [-0.05, 0) is 96.0 Å². The largest absolute Gasteiger partial charge is 0.366 e. The summed E-state index contributed by atoms with van der Waals surface area (Å²) < 4.78 is 8.29. The molecule has 1 aromatic carbocycles. The quantitative estimate of drug-likeness (QED) is 0.212. The van der Waals surface area contributed by atoms with Gasteiger partial charge in [0.15, 0.2) is 5.79 Å². The van der Waals surface area contributed by atoms with E-state index in [0.717, 1.165) is 53.4 Å². The molecule has 5 rings (SSSR count). The van der Waals surface area contributed by atoms with Crippen molar-refractivity contribution in [2.24, 2.45) is 5.92 Å². The summed E-state index contributed by atoms with van der Waals surface area (Å²) in [5.74, 6) is 0.130. The molecule has 0 spiro atoms. The molecular weight excluding hydrogens is 486 g/mol. The van der Waals surface area contributed by atoms with Crippen molar-refractivity contribution in [2.45, 2.75) is 83.8 Å². The van der Waals surface area contributed by atoms with Crippen molar-refractivity contribution in [1.29, 1.82) is 0 Å². The summed E-state index contributed by atoms with van der Waals surface area (Å²) in [6.45, 7) is 9.79. The molecule has 3 atom stereocenters. The lowest BCUT2D eigenvalue weighted by Gasteiger charge is -2.28. The number of benzene rings is 1. The Balaban J connectivity index is 1.33. The van der Waals surface area contributed by atoms with Crippen molar-refractivity contribution in [1.82, 2.24) is 19.5 Å². The Morgan fingerprint density at radius 1 is 1.08 bits per heavy atom. The van der Waals surface area contributed by atoms with Gasteiger partial charge in [-0.25, -0.2) is 15.0 Å². The number of aliphatic hydroxyl groups is 1. The number of aryl methyl sites for hydroxylation is 1. The summed E-state index contributed by atoms with van der Waals surface area (Å²) in [4.78, 5) is 13.5. The van der Waals surface area contributed by atoms with Crippen LogP contribution >= 0.6 is 11.6 Å². The van der Waals surface area contributed by atoms with Gasteiger partial charge in [0.25, 0.3) is 0 Å². The lowest BCUT2D eigenvalue weighted by molar-refractivity contribution is -0.210. The molecule has 4 aromatic rings. The number of aromatic nitrogens is 4. The van der Waals surface area contributed by atoms with Gasteiger partial charge >= 0.3 is 0 Å². The summed E-state index contributed by atoms with van der Waals surface area (Å²) in [7, 11) is 0. The summed E-state index contributed by atoms with van der Waals surface area (Å²) in [6.07, 6.45) is 7.19. The zero-order chi connectivity index (χ0) is 26.4. The molecule has 7 nitrogen and oxygen atoms in total. The van der Waals surface area contributed by atoms with Crippen LogP contribution in [0.2, 0.25) is 5.15 Å². The van der Waals surface area contributed by atoms with Crippen LogP contribution in [0.4, 0.5) is 5.82 Å². The molecule has 1 fully saturated rings. The monoisotopic (exact) mass is 521 g/mol. The Bertz CT molecular complexity index is 1410. The minimum Gasteiger partial charge on any atom is -0.366 e. The molecule has 3 aromatic heterocycles. The number of pyridine rings is 1. The van der Waals surface area contributed by atoms with Gasteiger partial charge in [0.2, 0.25) is 0 Å². The highest BCUT2D eigenvalue weighted by molar-refractivity contribution is 6.33. The molecule has 0 saturated heterocycles. The SMILES string of the molecule is CC(C)(C)Nc1ccc2ccc(CCC3CC(OC(C)(C)O)C(n4ccc5c(Cl)ncnc54)C3)cc2n1. The maximum Gasteiger partial charge on any atom is 0.160 e. The first kappa shape index (κ1) is 25.9. The van der Waals surface area contributed by atoms with Gasteiger partial charge < -0.3 is 19.7 Å². The fourth-order valence-corrected chi connectivity index (χ4v) is 5.64. The fourth-order valence-electron chi connectivity index (χ4n) is 5.45. The molecule has 196 valence electrons. The second-order valence-corrected chi connectivity index (χ2v) is 12.1. The van der Waals surface area contributed by atoms with Gasteiger partial charge in [-0.3, -0.25) is 0 Å². The number of halogens is 1. The maximum absolute atomic E-state index is 10.4. The van der Waals surface area contributed by atoms with Crippen molar-refractivity contribution in [3.63, 3.8) is 0 Å². The maximum atomic E-state index is 10.4. The third-order valence-corrected chi connectivity index (χ3v) is 7.23. The first-order valence-corrected chi connectivity index (χ1v) is 13.4. The lowest BCUT2D eigenvalue weighted by atomic mass is 9.97. The number of nitrogens with one attached hydrogen (secondary N) is 1. The second-order valence-electron chi connectivity index (χ2n) is 11.8. The van der Waals surface area contributed by atoms with E-state index in [1.165, 1.54) is 11.9 Å². The van der Waals surface area contributed by atoms with Crippen molar-refractivity contribution >= 4 is 39.4 Å². The third kappa shape index (κ3) is 6.06. The second kappa shape index (κ2) is 9.86. The van der Waals surface area contributed by atoms with Crippen molar-refractivity contribution in [3.8, 4) is 0 Å². The zero-order valence-electron chi connectivity index (χ0n) is 22.2. The van der Waals surface area contributed by atoms with Crippen LogP contribution in [0.15, 0.2) is 48.9 Å². The highest BCUT2D eigenvalue weighted by atomic mass is 35.5. The van der Waals surface area contributed by atoms with E-state index >= 15 is 0 Å². The Kier molecular flexibility index (Phi) is 6.90. The summed E-state index contributed by atoms with van der Waals surface area (Å²) >= 11 is 6.30. The smallest absolute Gasteiger partial charge is 0.160 e. The van der Waals surface area contributed by atoms with Crippen molar-refractivity contribution in [2.75, 3.05) is 5.32 Å². The standard InChI is InChI=1S/C29H36ClN5O2/c1-28(2,3)34-25-11-10-20-9-8-18(14-22(20)33-25)6-7-19-15-23(24(16-19)37-29(4,5)36)35-13-12-21-26(30)31-17-32-27(21)35/h8-14,17,19,23-24,36H,6-7,15-16H2,1-5H3,(H,33,34). The van der Waals surface area contributed by atoms with E-state index in [9.17, 15) is 5.11 Å². The third-order valence-electron chi connectivity index (χ3n) is 6.93. The van der Waals surface area contributed by atoms with Crippen LogP contribution in [-0.4, -0.2) is 42.1 Å². The number of hydrogen-bond acceptors (Lipinski definition) is 6. The number of anilines is 1. The van der Waals surface area contributed by atoms with Crippen LogP contribution in [-0.2, 0) is 11.2 Å². The highest BCUT2D eigenvalue weighted by Gasteiger charge is 2.39. The number of nitrogens with zero attached hydrogens (tertiary/aromatic N) is 4. The molecule has 37 heavy (non-hydrogen) atoms. The van der Waals surface area contributed by atoms with Crippen LogP contribution in [0.25, 0.3) is 21.9 Å². The zero-order valence-corrected chi connectivity index (χ0v) is 23.0. The average molecular weight is 522 g/mol. The van der Waals surface area contributed by atoms with Crippen LogP contribution in [0, 0.1) is 5.92 Å². The van der Waals surface area contributed by atoms with Gasteiger partial charge in [0.05, 0.1) is 23.0 Å². The summed E-state index contributed by atoms with van der Waals surface area (Å²) in [5, 5.41) is 16.3. The molecule has 0 amide bonds. The molecule has 8 heteroatoms. The van der Waals surface area contributed by atoms with E-state index < -0.39 is 5.79 Å². The Morgan fingerprint density at radius 2 is 1.86 bits per heavy atom. The van der Waals surface area contributed by atoms with Crippen molar-refractivity contribution in [3.05, 3.63) is 59.6 Å². The van der Waals surface area contributed by atoms with Gasteiger partial charge in [0.1, 0.15) is 22.9 Å². The minimum absolute atomic E-state index is 0.0402. The predicted molar refractivity (Wildman–Crippen MR) is 149 cm³/mol. The number of hydrogen-bond donors (Lipinski definition) is 2. The topological polar surface area (TPSA) is 85.1 Å². The van der Waals surface area contributed by atoms with E-state index in [-0.39, 0.29) is 17.7 Å². The Morgan fingerprint density at radius 3 is 2.62 bits per heavy atom. The van der Waals surface area contributed by atoms with Gasteiger partial charge in [0, 0.05) is 17.1 Å². The normalized spacial score (nSPS) is 20.7. The lowest BCUT2D eigenvalue weighted by Crippen LogP contribution is -2.33. The highest BCUT2D eigenvalue weighted by Crippen LogP contribution is 2.42. The van der Waals surface area contributed by atoms with E-state index in [1.54, 1.807) is 13.8 Å². The van der Waals surface area contributed by atoms with Crippen LogP contribution < -0.4 is 5.32 Å². The summed E-state index contributed by atoms with van der Waals surface area (Å²) in [5.41, 5.74) is 3.05. The molecule has 3 unspecified atom stereocenters. The van der Waals surface area contributed by atoms with E-state index in [0.29, 0.717) is 11.1 Å². The first-order chi connectivity index (χ1) is 17.4. The molecule has 2 N–H and O–H groups in total. The molecular formula is C29H36ClN5O2. The Labute approximate surface area is 223 Å². The van der Waals surface area contributed by atoms with Gasteiger partial charge in [-0.2, -0.15) is 0 Å². The minimum atomic E-state index is -1.21.